The third-order valence-electron chi connectivity index (χ3n) is 2.49. The van der Waals surface area contributed by atoms with Gasteiger partial charge in [-0.2, -0.15) is 5.26 Å². The highest BCUT2D eigenvalue weighted by molar-refractivity contribution is 9.10. The van der Waals surface area contributed by atoms with E-state index >= 15 is 0 Å². The molecule has 0 saturated carbocycles. The molecule has 1 amide bonds. The molecule has 1 aromatic heterocycles. The average molecular weight is 316 g/mol. The molecule has 1 heterocycles. The van der Waals surface area contributed by atoms with Crippen LogP contribution in [0.25, 0.3) is 0 Å². The molecule has 0 atom stereocenters. The lowest BCUT2D eigenvalue weighted by Gasteiger charge is -2.05. The number of carbonyl (C=O) groups excluding carboxylic acids is 1. The van der Waals surface area contributed by atoms with Crippen molar-refractivity contribution >= 4 is 21.8 Å². The molecule has 19 heavy (non-hydrogen) atoms. The maximum absolute atomic E-state index is 11.9. The van der Waals surface area contributed by atoms with Gasteiger partial charge in [0, 0.05) is 17.2 Å². The van der Waals surface area contributed by atoms with Crippen LogP contribution in [0.2, 0.25) is 0 Å². The van der Waals surface area contributed by atoms with Gasteiger partial charge >= 0.3 is 0 Å². The second-order valence-electron chi connectivity index (χ2n) is 3.85. The van der Waals surface area contributed by atoms with Crippen molar-refractivity contribution in [2.75, 3.05) is 0 Å². The lowest BCUT2D eigenvalue weighted by molar-refractivity contribution is 0.0946. The molecule has 0 saturated heterocycles. The van der Waals surface area contributed by atoms with Gasteiger partial charge in [0.15, 0.2) is 0 Å². The van der Waals surface area contributed by atoms with Gasteiger partial charge in [-0.05, 0) is 29.8 Å². The summed E-state index contributed by atoms with van der Waals surface area (Å²) < 4.78 is 0.992. The van der Waals surface area contributed by atoms with Gasteiger partial charge in [0.1, 0.15) is 5.69 Å². The van der Waals surface area contributed by atoms with Crippen LogP contribution in [0.15, 0.2) is 47.1 Å². The van der Waals surface area contributed by atoms with Crippen molar-refractivity contribution in [2.24, 2.45) is 0 Å². The van der Waals surface area contributed by atoms with Crippen molar-refractivity contribution in [3.63, 3.8) is 0 Å². The first-order chi connectivity index (χ1) is 9.19. The summed E-state index contributed by atoms with van der Waals surface area (Å²) in [5.74, 6) is -0.292. The number of benzene rings is 1. The van der Waals surface area contributed by atoms with Crippen LogP contribution < -0.4 is 5.32 Å². The van der Waals surface area contributed by atoms with E-state index in [4.69, 9.17) is 5.26 Å². The third kappa shape index (κ3) is 3.63. The van der Waals surface area contributed by atoms with Crippen LogP contribution in [0.4, 0.5) is 0 Å². The Hall–Kier alpha value is -2.19. The Morgan fingerprint density at radius 3 is 2.74 bits per heavy atom. The summed E-state index contributed by atoms with van der Waals surface area (Å²) >= 11 is 3.35. The minimum absolute atomic E-state index is 0.246. The number of pyridine rings is 1. The van der Waals surface area contributed by atoms with Gasteiger partial charge in [0.05, 0.1) is 11.6 Å². The molecule has 0 aliphatic carbocycles. The average Bonchev–Trinajstić information content (AvgIpc) is 2.46. The molecule has 0 unspecified atom stereocenters. The largest absolute Gasteiger partial charge is 0.347 e. The molecule has 1 aromatic carbocycles. The van der Waals surface area contributed by atoms with Gasteiger partial charge in [-0.25, -0.2) is 0 Å². The number of halogens is 1. The smallest absolute Gasteiger partial charge is 0.270 e. The van der Waals surface area contributed by atoms with E-state index in [-0.39, 0.29) is 11.6 Å². The zero-order valence-corrected chi connectivity index (χ0v) is 11.5. The maximum Gasteiger partial charge on any atom is 0.270 e. The van der Waals surface area contributed by atoms with Crippen LogP contribution in [-0.4, -0.2) is 10.9 Å². The molecule has 0 aliphatic rings. The molecule has 0 radical (unpaired) electrons. The molecule has 94 valence electrons. The highest BCUT2D eigenvalue weighted by atomic mass is 79.9. The standard InChI is InChI=1S/C14H10BrN3O/c15-12-3-1-10(2-4-12)9-18-14(19)13-7-11(8-16)5-6-17-13/h1-7H,9H2,(H,18,19). The van der Waals surface area contributed by atoms with Crippen LogP contribution in [0, 0.1) is 11.3 Å². The van der Waals surface area contributed by atoms with E-state index in [1.165, 1.54) is 12.3 Å². The lowest BCUT2D eigenvalue weighted by Crippen LogP contribution is -2.23. The van der Waals surface area contributed by atoms with Gasteiger partial charge in [-0.15, -0.1) is 0 Å². The first-order valence-electron chi connectivity index (χ1n) is 5.58. The highest BCUT2D eigenvalue weighted by Gasteiger charge is 2.07. The van der Waals surface area contributed by atoms with Crippen molar-refractivity contribution in [1.82, 2.24) is 10.3 Å². The molecule has 0 fully saturated rings. The molecule has 0 aliphatic heterocycles. The third-order valence-corrected chi connectivity index (χ3v) is 3.02. The van der Waals surface area contributed by atoms with E-state index in [1.54, 1.807) is 6.07 Å². The first kappa shape index (κ1) is 13.2. The summed E-state index contributed by atoms with van der Waals surface area (Å²) in [6, 6.07) is 12.7. The molecule has 0 spiro atoms. The van der Waals surface area contributed by atoms with E-state index in [1.807, 2.05) is 30.3 Å². The van der Waals surface area contributed by atoms with Crippen LogP contribution in [0.3, 0.4) is 0 Å². The van der Waals surface area contributed by atoms with E-state index < -0.39 is 0 Å². The Bertz CT molecular complexity index is 632. The SMILES string of the molecule is N#Cc1ccnc(C(=O)NCc2ccc(Br)cc2)c1. The molecule has 0 bridgehead atoms. The topological polar surface area (TPSA) is 65.8 Å². The van der Waals surface area contributed by atoms with Crippen molar-refractivity contribution in [3.05, 3.63) is 63.9 Å². The van der Waals surface area contributed by atoms with E-state index in [2.05, 4.69) is 26.2 Å². The summed E-state index contributed by atoms with van der Waals surface area (Å²) in [4.78, 5) is 15.8. The van der Waals surface area contributed by atoms with Crippen molar-refractivity contribution in [3.8, 4) is 6.07 Å². The fourth-order valence-electron chi connectivity index (χ4n) is 1.50. The Balaban J connectivity index is 2.01. The monoisotopic (exact) mass is 315 g/mol. The fraction of sp³-hybridized carbons (Fsp3) is 0.0714. The minimum atomic E-state index is -0.292. The fourth-order valence-corrected chi connectivity index (χ4v) is 1.76. The number of carbonyl (C=O) groups is 1. The number of hydrogen-bond acceptors (Lipinski definition) is 3. The van der Waals surface area contributed by atoms with Crippen LogP contribution in [0.5, 0.6) is 0 Å². The molecule has 5 heteroatoms. The number of nitrogens with zero attached hydrogens (tertiary/aromatic N) is 2. The Morgan fingerprint density at radius 2 is 2.05 bits per heavy atom. The minimum Gasteiger partial charge on any atom is -0.347 e. The molecule has 2 aromatic rings. The Morgan fingerprint density at radius 1 is 1.32 bits per heavy atom. The van der Waals surface area contributed by atoms with Gasteiger partial charge in [-0.1, -0.05) is 28.1 Å². The quantitative estimate of drug-likeness (QED) is 0.946. The first-order valence-corrected chi connectivity index (χ1v) is 6.37. The molecule has 1 N–H and O–H groups in total. The second-order valence-corrected chi connectivity index (χ2v) is 4.77. The van der Waals surface area contributed by atoms with Crippen LogP contribution in [-0.2, 0) is 6.54 Å². The van der Waals surface area contributed by atoms with Gasteiger partial charge in [-0.3, -0.25) is 9.78 Å². The van der Waals surface area contributed by atoms with Crippen molar-refractivity contribution in [2.45, 2.75) is 6.54 Å². The Labute approximate surface area is 119 Å². The Kier molecular flexibility index (Phi) is 4.26. The predicted octanol–water partition coefficient (Wildman–Crippen LogP) is 2.65. The van der Waals surface area contributed by atoms with Gasteiger partial charge < -0.3 is 5.32 Å². The van der Waals surface area contributed by atoms with Gasteiger partial charge in [0.25, 0.3) is 5.91 Å². The summed E-state index contributed by atoms with van der Waals surface area (Å²) in [6.07, 6.45) is 1.45. The zero-order chi connectivity index (χ0) is 13.7. The lowest BCUT2D eigenvalue weighted by atomic mass is 10.2. The van der Waals surface area contributed by atoms with E-state index in [9.17, 15) is 4.79 Å². The number of amides is 1. The number of aromatic nitrogens is 1. The van der Waals surface area contributed by atoms with E-state index in [0.29, 0.717) is 12.1 Å². The summed E-state index contributed by atoms with van der Waals surface area (Å²) in [7, 11) is 0. The second kappa shape index (κ2) is 6.12. The number of nitriles is 1. The molecular formula is C14H10BrN3O. The van der Waals surface area contributed by atoms with E-state index in [0.717, 1.165) is 10.0 Å². The molecular weight excluding hydrogens is 306 g/mol. The van der Waals surface area contributed by atoms with Crippen LogP contribution in [0.1, 0.15) is 21.6 Å². The van der Waals surface area contributed by atoms with Gasteiger partial charge in [0.2, 0.25) is 0 Å². The summed E-state index contributed by atoms with van der Waals surface area (Å²) in [6.45, 7) is 0.421. The predicted molar refractivity (Wildman–Crippen MR) is 74.3 cm³/mol. The molecule has 4 nitrogen and oxygen atoms in total. The highest BCUT2D eigenvalue weighted by Crippen LogP contribution is 2.10. The zero-order valence-electron chi connectivity index (χ0n) is 9.93. The number of rotatable bonds is 3. The van der Waals surface area contributed by atoms with Crippen LogP contribution >= 0.6 is 15.9 Å². The maximum atomic E-state index is 11.9. The number of hydrogen-bond donors (Lipinski definition) is 1. The van der Waals surface area contributed by atoms with Crippen molar-refractivity contribution < 1.29 is 4.79 Å². The summed E-state index contributed by atoms with van der Waals surface area (Å²) in [5.41, 5.74) is 1.66. The van der Waals surface area contributed by atoms with Crippen molar-refractivity contribution in [1.29, 1.82) is 5.26 Å². The number of nitrogens with one attached hydrogen (secondary N) is 1. The normalized spacial score (nSPS) is 9.68. The summed E-state index contributed by atoms with van der Waals surface area (Å²) in [5, 5.41) is 11.5. The molecule has 2 rings (SSSR count).